The summed E-state index contributed by atoms with van der Waals surface area (Å²) in [6.07, 6.45) is 4.57. The Morgan fingerprint density at radius 2 is 1.96 bits per heavy atom. The van der Waals surface area contributed by atoms with Gasteiger partial charge in [0.05, 0.1) is 5.39 Å². The average Bonchev–Trinajstić information content (AvgIpc) is 2.94. The highest BCUT2D eigenvalue weighted by atomic mass is 32.1. The van der Waals surface area contributed by atoms with E-state index in [1.165, 1.54) is 23.3 Å². The van der Waals surface area contributed by atoms with E-state index in [1.54, 1.807) is 11.3 Å². The third kappa shape index (κ3) is 2.60. The summed E-state index contributed by atoms with van der Waals surface area (Å²) in [6.45, 7) is 0. The first-order valence-corrected chi connectivity index (χ1v) is 8.36. The van der Waals surface area contributed by atoms with E-state index in [-0.39, 0.29) is 5.95 Å². The fourth-order valence-corrected chi connectivity index (χ4v) is 4.24. The monoisotopic (exact) mass is 322 g/mol. The molecule has 2 aromatic heterocycles. The Kier molecular flexibility index (Phi) is 3.57. The van der Waals surface area contributed by atoms with Gasteiger partial charge in [0.15, 0.2) is 0 Å². The number of nitrogens with one attached hydrogen (secondary N) is 1. The Hall–Kier alpha value is -2.63. The van der Waals surface area contributed by atoms with Gasteiger partial charge in [0.1, 0.15) is 10.6 Å². The lowest BCUT2D eigenvalue weighted by atomic mass is 9.97. The largest absolute Gasteiger partial charge is 0.340 e. The molecule has 0 bridgehead atoms. The molecule has 6 nitrogen and oxygen atoms in total. The van der Waals surface area contributed by atoms with Crippen molar-refractivity contribution in [1.82, 2.24) is 9.97 Å². The highest BCUT2D eigenvalue weighted by molar-refractivity contribution is 7.19. The molecule has 23 heavy (non-hydrogen) atoms. The van der Waals surface area contributed by atoms with Crippen LogP contribution < -0.4 is 5.32 Å². The molecule has 4 rings (SSSR count). The summed E-state index contributed by atoms with van der Waals surface area (Å²) in [4.78, 5) is 13.9. The predicted octanol–water partition coefficient (Wildman–Crippen LogP) is 5.26. The summed E-state index contributed by atoms with van der Waals surface area (Å²) in [6, 6.07) is 9.88. The summed E-state index contributed by atoms with van der Waals surface area (Å²) < 4.78 is 0. The second-order valence-corrected chi connectivity index (χ2v) is 6.53. The normalized spacial score (nSPS) is 13.4. The molecule has 0 fully saturated rings. The number of thiophene rings is 1. The maximum Gasteiger partial charge on any atom is 0.219 e. The van der Waals surface area contributed by atoms with E-state index in [9.17, 15) is 0 Å². The van der Waals surface area contributed by atoms with Crippen molar-refractivity contribution in [3.8, 4) is 0 Å². The van der Waals surface area contributed by atoms with Crippen LogP contribution in [0.15, 0.2) is 35.4 Å². The molecule has 1 aromatic carbocycles. The van der Waals surface area contributed by atoms with E-state index in [0.717, 1.165) is 34.6 Å². The van der Waals surface area contributed by atoms with Crippen molar-refractivity contribution in [2.75, 3.05) is 5.32 Å². The molecule has 0 atom stereocenters. The van der Waals surface area contributed by atoms with E-state index in [0.29, 0.717) is 0 Å². The second-order valence-electron chi connectivity index (χ2n) is 5.44. The molecule has 0 aliphatic heterocycles. The minimum atomic E-state index is 0.164. The van der Waals surface area contributed by atoms with Gasteiger partial charge in [-0.1, -0.05) is 18.2 Å². The van der Waals surface area contributed by atoms with Gasteiger partial charge in [-0.25, -0.2) is 9.97 Å². The molecular weight excluding hydrogens is 308 g/mol. The standard InChI is InChI=1S/C16H14N6S/c17-22-21-16-19-14(18-10-6-2-1-3-7-10)13-11-8-4-5-9-12(11)23-15(13)20-16/h1-3,6-7H,4-5,8-9H2,(H,18,19,20). The number of azide groups is 1. The van der Waals surface area contributed by atoms with Gasteiger partial charge >= 0.3 is 0 Å². The predicted molar refractivity (Wildman–Crippen MR) is 92.6 cm³/mol. The van der Waals surface area contributed by atoms with Crippen molar-refractivity contribution in [1.29, 1.82) is 0 Å². The quantitative estimate of drug-likeness (QED) is 0.405. The zero-order valence-electron chi connectivity index (χ0n) is 12.4. The van der Waals surface area contributed by atoms with Gasteiger partial charge in [-0.05, 0) is 54.0 Å². The molecule has 0 saturated heterocycles. The van der Waals surface area contributed by atoms with Gasteiger partial charge in [0, 0.05) is 15.5 Å². The summed E-state index contributed by atoms with van der Waals surface area (Å²) in [5, 5.41) is 8.02. The maximum atomic E-state index is 8.70. The molecule has 0 unspecified atom stereocenters. The van der Waals surface area contributed by atoms with Crippen LogP contribution >= 0.6 is 11.3 Å². The Labute approximate surface area is 136 Å². The molecule has 3 aromatic rings. The Morgan fingerprint density at radius 3 is 2.78 bits per heavy atom. The van der Waals surface area contributed by atoms with Gasteiger partial charge in [-0.15, -0.1) is 11.3 Å². The van der Waals surface area contributed by atoms with Gasteiger partial charge in [0.25, 0.3) is 0 Å². The minimum absolute atomic E-state index is 0.164. The van der Waals surface area contributed by atoms with Crippen LogP contribution in [0.1, 0.15) is 23.3 Å². The fourth-order valence-electron chi connectivity index (χ4n) is 2.98. The number of rotatable bonds is 3. The number of benzene rings is 1. The number of fused-ring (bicyclic) bond motifs is 3. The third-order valence-corrected chi connectivity index (χ3v) is 5.16. The molecule has 2 heterocycles. The first-order chi connectivity index (χ1) is 11.3. The molecule has 0 saturated carbocycles. The minimum Gasteiger partial charge on any atom is -0.340 e. The van der Waals surface area contributed by atoms with Crippen molar-refractivity contribution in [3.63, 3.8) is 0 Å². The zero-order chi connectivity index (χ0) is 15.6. The fraction of sp³-hybridized carbons (Fsp3) is 0.250. The van der Waals surface area contributed by atoms with E-state index < -0.39 is 0 Å². The number of para-hydroxylation sites is 1. The number of anilines is 2. The van der Waals surface area contributed by atoms with Crippen LogP contribution in [0.5, 0.6) is 0 Å². The van der Waals surface area contributed by atoms with Crippen molar-refractivity contribution >= 4 is 39.0 Å². The third-order valence-electron chi connectivity index (χ3n) is 3.97. The number of hydrogen-bond acceptors (Lipinski definition) is 5. The highest BCUT2D eigenvalue weighted by Gasteiger charge is 2.21. The molecule has 1 aliphatic carbocycles. The smallest absolute Gasteiger partial charge is 0.219 e. The number of hydrogen-bond donors (Lipinski definition) is 1. The molecule has 114 valence electrons. The van der Waals surface area contributed by atoms with Crippen LogP contribution in [-0.4, -0.2) is 9.97 Å². The lowest BCUT2D eigenvalue weighted by molar-refractivity contribution is 0.700. The average molecular weight is 322 g/mol. The van der Waals surface area contributed by atoms with Crippen molar-refractivity contribution in [2.24, 2.45) is 5.11 Å². The second kappa shape index (κ2) is 5.87. The SMILES string of the molecule is [N-]=[N+]=Nc1nc(Nc2ccccc2)c2c3c(sc2n1)CCCC3. The van der Waals surface area contributed by atoms with Gasteiger partial charge in [0.2, 0.25) is 5.95 Å². The van der Waals surface area contributed by atoms with Gasteiger partial charge < -0.3 is 5.32 Å². The zero-order valence-corrected chi connectivity index (χ0v) is 13.2. The molecule has 1 aliphatic rings. The van der Waals surface area contributed by atoms with Crippen LogP contribution in [-0.2, 0) is 12.8 Å². The number of aryl methyl sites for hydroxylation is 2. The maximum absolute atomic E-state index is 8.70. The van der Waals surface area contributed by atoms with E-state index in [4.69, 9.17) is 5.53 Å². The van der Waals surface area contributed by atoms with Crippen LogP contribution in [0.3, 0.4) is 0 Å². The molecule has 7 heteroatoms. The summed E-state index contributed by atoms with van der Waals surface area (Å²) >= 11 is 1.69. The first-order valence-electron chi connectivity index (χ1n) is 7.54. The van der Waals surface area contributed by atoms with Crippen LogP contribution in [0.4, 0.5) is 17.5 Å². The van der Waals surface area contributed by atoms with E-state index in [2.05, 4.69) is 25.3 Å². The first kappa shape index (κ1) is 14.0. The number of nitrogens with zero attached hydrogens (tertiary/aromatic N) is 5. The summed E-state index contributed by atoms with van der Waals surface area (Å²) in [5.74, 6) is 0.889. The molecule has 0 amide bonds. The molecule has 0 spiro atoms. The van der Waals surface area contributed by atoms with Crippen LogP contribution in [0.25, 0.3) is 20.7 Å². The van der Waals surface area contributed by atoms with Crippen molar-refractivity contribution < 1.29 is 0 Å². The van der Waals surface area contributed by atoms with Crippen LogP contribution in [0, 0.1) is 0 Å². The van der Waals surface area contributed by atoms with E-state index in [1.807, 2.05) is 30.3 Å². The Morgan fingerprint density at radius 1 is 1.13 bits per heavy atom. The molecular formula is C16H14N6S. The summed E-state index contributed by atoms with van der Waals surface area (Å²) in [7, 11) is 0. The van der Waals surface area contributed by atoms with Gasteiger partial charge in [-0.3, -0.25) is 0 Å². The Bertz CT molecular complexity index is 911. The van der Waals surface area contributed by atoms with Crippen molar-refractivity contribution in [2.45, 2.75) is 25.7 Å². The van der Waals surface area contributed by atoms with Crippen LogP contribution in [0.2, 0.25) is 0 Å². The number of aromatic nitrogens is 2. The van der Waals surface area contributed by atoms with E-state index >= 15 is 0 Å². The molecule has 1 N–H and O–H groups in total. The Balaban J connectivity index is 1.91. The lowest BCUT2D eigenvalue weighted by Gasteiger charge is -2.12. The molecule has 0 radical (unpaired) electrons. The lowest BCUT2D eigenvalue weighted by Crippen LogP contribution is -2.01. The highest BCUT2D eigenvalue weighted by Crippen LogP contribution is 2.40. The van der Waals surface area contributed by atoms with Gasteiger partial charge in [-0.2, -0.15) is 0 Å². The van der Waals surface area contributed by atoms with Crippen molar-refractivity contribution in [3.05, 3.63) is 51.2 Å². The topological polar surface area (TPSA) is 86.6 Å². The summed E-state index contributed by atoms with van der Waals surface area (Å²) in [5.41, 5.74) is 11.0.